The van der Waals surface area contributed by atoms with Crippen molar-refractivity contribution < 1.29 is 5.11 Å². The summed E-state index contributed by atoms with van der Waals surface area (Å²) in [7, 11) is 0. The number of aromatic nitrogens is 2. The van der Waals surface area contributed by atoms with Crippen LogP contribution in [0.1, 0.15) is 19.8 Å². The average Bonchev–Trinajstić information content (AvgIpc) is 2.90. The molecule has 1 aromatic rings. The van der Waals surface area contributed by atoms with Gasteiger partial charge in [-0.3, -0.25) is 4.68 Å². The van der Waals surface area contributed by atoms with Gasteiger partial charge in [-0.1, -0.05) is 11.6 Å². The number of hydrogen-bond donors (Lipinski definition) is 2. The Labute approximate surface area is 94.2 Å². The third-order valence-electron chi connectivity index (χ3n) is 2.59. The standard InChI is InChI=1S/C10H16ClN3O/c1-10(7-15,13-9-2-3-9)6-14-5-8(11)4-12-14/h4-5,9,13,15H,2-3,6-7H2,1H3. The highest BCUT2D eigenvalue weighted by molar-refractivity contribution is 6.30. The maximum absolute atomic E-state index is 9.39. The Bertz CT molecular complexity index is 337. The van der Waals surface area contributed by atoms with Gasteiger partial charge in [0.15, 0.2) is 0 Å². The zero-order chi connectivity index (χ0) is 10.9. The molecule has 1 aliphatic rings. The molecule has 2 N–H and O–H groups in total. The summed E-state index contributed by atoms with van der Waals surface area (Å²) in [5.74, 6) is 0. The van der Waals surface area contributed by atoms with E-state index in [-0.39, 0.29) is 12.1 Å². The summed E-state index contributed by atoms with van der Waals surface area (Å²) in [5.41, 5.74) is -0.309. The zero-order valence-electron chi connectivity index (χ0n) is 8.78. The van der Waals surface area contributed by atoms with Crippen molar-refractivity contribution in [3.05, 3.63) is 17.4 Å². The second-order valence-electron chi connectivity index (χ2n) is 4.49. The summed E-state index contributed by atoms with van der Waals surface area (Å²) in [4.78, 5) is 0. The van der Waals surface area contributed by atoms with Gasteiger partial charge in [0.1, 0.15) is 0 Å². The van der Waals surface area contributed by atoms with E-state index in [1.165, 1.54) is 12.8 Å². The minimum atomic E-state index is -0.309. The Hall–Kier alpha value is -0.580. The summed E-state index contributed by atoms with van der Waals surface area (Å²) < 4.78 is 1.76. The van der Waals surface area contributed by atoms with Crippen molar-refractivity contribution in [1.82, 2.24) is 15.1 Å². The first-order valence-electron chi connectivity index (χ1n) is 5.18. The van der Waals surface area contributed by atoms with Crippen LogP contribution in [-0.2, 0) is 6.54 Å². The Morgan fingerprint density at radius 3 is 2.93 bits per heavy atom. The Morgan fingerprint density at radius 1 is 1.73 bits per heavy atom. The molecule has 1 heterocycles. The van der Waals surface area contributed by atoms with Crippen LogP contribution in [-0.4, -0.2) is 33.1 Å². The van der Waals surface area contributed by atoms with E-state index in [1.54, 1.807) is 17.1 Å². The summed E-state index contributed by atoms with van der Waals surface area (Å²) in [6.45, 7) is 2.73. The number of hydrogen-bond acceptors (Lipinski definition) is 3. The Kier molecular flexibility index (Phi) is 3.00. The fourth-order valence-corrected chi connectivity index (χ4v) is 1.80. The second-order valence-corrected chi connectivity index (χ2v) is 4.93. The molecule has 0 radical (unpaired) electrons. The highest BCUT2D eigenvalue weighted by atomic mass is 35.5. The fraction of sp³-hybridized carbons (Fsp3) is 0.700. The lowest BCUT2D eigenvalue weighted by atomic mass is 10.0. The number of nitrogens with one attached hydrogen (secondary N) is 1. The zero-order valence-corrected chi connectivity index (χ0v) is 9.54. The molecule has 0 amide bonds. The fourth-order valence-electron chi connectivity index (χ4n) is 1.64. The molecule has 1 aliphatic carbocycles. The smallest absolute Gasteiger partial charge is 0.0785 e. The van der Waals surface area contributed by atoms with E-state index in [0.717, 1.165) is 0 Å². The number of aliphatic hydroxyl groups excluding tert-OH is 1. The minimum Gasteiger partial charge on any atom is -0.394 e. The van der Waals surface area contributed by atoms with Crippen LogP contribution in [0.4, 0.5) is 0 Å². The molecule has 1 atom stereocenters. The van der Waals surface area contributed by atoms with E-state index in [9.17, 15) is 5.11 Å². The first kappa shape index (κ1) is 10.9. The largest absolute Gasteiger partial charge is 0.394 e. The van der Waals surface area contributed by atoms with Crippen LogP contribution in [0.5, 0.6) is 0 Å². The third-order valence-corrected chi connectivity index (χ3v) is 2.79. The molecule has 1 aromatic heterocycles. The van der Waals surface area contributed by atoms with Crippen LogP contribution >= 0.6 is 11.6 Å². The van der Waals surface area contributed by atoms with Gasteiger partial charge in [0.05, 0.1) is 29.9 Å². The number of nitrogens with zero attached hydrogens (tertiary/aromatic N) is 2. The molecule has 0 saturated heterocycles. The predicted octanol–water partition coefficient (Wildman–Crippen LogP) is 1.04. The Morgan fingerprint density at radius 2 is 2.47 bits per heavy atom. The van der Waals surface area contributed by atoms with Crippen molar-refractivity contribution in [3.63, 3.8) is 0 Å². The lowest BCUT2D eigenvalue weighted by molar-refractivity contribution is 0.151. The third kappa shape index (κ3) is 2.93. The monoisotopic (exact) mass is 229 g/mol. The van der Waals surface area contributed by atoms with Gasteiger partial charge in [0.25, 0.3) is 0 Å². The van der Waals surface area contributed by atoms with Crippen molar-refractivity contribution in [1.29, 1.82) is 0 Å². The molecule has 0 aromatic carbocycles. The first-order chi connectivity index (χ1) is 7.11. The van der Waals surface area contributed by atoms with Gasteiger partial charge in [-0.05, 0) is 19.8 Å². The van der Waals surface area contributed by atoms with E-state index in [4.69, 9.17) is 11.6 Å². The van der Waals surface area contributed by atoms with Crippen LogP contribution in [0.2, 0.25) is 5.02 Å². The van der Waals surface area contributed by atoms with Crippen molar-refractivity contribution in [2.45, 2.75) is 37.9 Å². The predicted molar refractivity (Wildman–Crippen MR) is 58.9 cm³/mol. The number of aliphatic hydroxyl groups is 1. The summed E-state index contributed by atoms with van der Waals surface area (Å²) in [6.07, 6.45) is 5.78. The van der Waals surface area contributed by atoms with E-state index in [2.05, 4.69) is 10.4 Å². The van der Waals surface area contributed by atoms with Crippen LogP contribution in [0.3, 0.4) is 0 Å². The van der Waals surface area contributed by atoms with Crippen molar-refractivity contribution >= 4 is 11.6 Å². The maximum atomic E-state index is 9.39. The highest BCUT2D eigenvalue weighted by Gasteiger charge is 2.32. The van der Waals surface area contributed by atoms with Crippen LogP contribution in [0, 0.1) is 0 Å². The van der Waals surface area contributed by atoms with E-state index >= 15 is 0 Å². The topological polar surface area (TPSA) is 50.1 Å². The molecule has 1 fully saturated rings. The molecule has 15 heavy (non-hydrogen) atoms. The van der Waals surface area contributed by atoms with Crippen molar-refractivity contribution in [2.75, 3.05) is 6.61 Å². The van der Waals surface area contributed by atoms with Gasteiger partial charge in [-0.25, -0.2) is 0 Å². The molecule has 5 heteroatoms. The Balaban J connectivity index is 1.99. The molecule has 0 aliphatic heterocycles. The first-order valence-corrected chi connectivity index (χ1v) is 5.56. The van der Waals surface area contributed by atoms with Gasteiger partial charge in [0, 0.05) is 12.2 Å². The van der Waals surface area contributed by atoms with Crippen LogP contribution in [0.25, 0.3) is 0 Å². The van der Waals surface area contributed by atoms with Gasteiger partial charge in [-0.15, -0.1) is 0 Å². The van der Waals surface area contributed by atoms with Crippen molar-refractivity contribution in [2.24, 2.45) is 0 Å². The molecule has 4 nitrogen and oxygen atoms in total. The highest BCUT2D eigenvalue weighted by Crippen LogP contribution is 2.23. The molecular weight excluding hydrogens is 214 g/mol. The lowest BCUT2D eigenvalue weighted by Crippen LogP contribution is -2.50. The summed E-state index contributed by atoms with van der Waals surface area (Å²) in [5, 5.41) is 17.6. The summed E-state index contributed by atoms with van der Waals surface area (Å²) in [6, 6.07) is 0.563. The van der Waals surface area contributed by atoms with Crippen molar-refractivity contribution in [3.8, 4) is 0 Å². The van der Waals surface area contributed by atoms with Gasteiger partial charge < -0.3 is 10.4 Å². The molecule has 1 unspecified atom stereocenters. The minimum absolute atomic E-state index is 0.0982. The average molecular weight is 230 g/mol. The lowest BCUT2D eigenvalue weighted by Gasteiger charge is -2.28. The maximum Gasteiger partial charge on any atom is 0.0785 e. The van der Waals surface area contributed by atoms with Gasteiger partial charge >= 0.3 is 0 Å². The SMILES string of the molecule is CC(CO)(Cn1cc(Cl)cn1)NC1CC1. The van der Waals surface area contributed by atoms with E-state index in [0.29, 0.717) is 17.6 Å². The number of halogens is 1. The normalized spacial score (nSPS) is 20.2. The molecule has 84 valence electrons. The number of rotatable bonds is 5. The van der Waals surface area contributed by atoms with E-state index in [1.807, 2.05) is 6.92 Å². The molecular formula is C10H16ClN3O. The quantitative estimate of drug-likeness (QED) is 0.793. The van der Waals surface area contributed by atoms with Crippen LogP contribution in [0.15, 0.2) is 12.4 Å². The van der Waals surface area contributed by atoms with Gasteiger partial charge in [0.2, 0.25) is 0 Å². The van der Waals surface area contributed by atoms with E-state index < -0.39 is 0 Å². The van der Waals surface area contributed by atoms with Gasteiger partial charge in [-0.2, -0.15) is 5.10 Å². The molecule has 0 bridgehead atoms. The summed E-state index contributed by atoms with van der Waals surface area (Å²) >= 11 is 5.78. The molecule has 2 rings (SSSR count). The molecule has 1 saturated carbocycles. The van der Waals surface area contributed by atoms with Crippen LogP contribution < -0.4 is 5.32 Å². The molecule has 0 spiro atoms. The second kappa shape index (κ2) is 4.12.